The Balaban J connectivity index is 1.65. The van der Waals surface area contributed by atoms with E-state index in [0.717, 1.165) is 37.0 Å². The summed E-state index contributed by atoms with van der Waals surface area (Å²) < 4.78 is 10.3. The molecule has 0 bridgehead atoms. The molecule has 0 unspecified atom stereocenters. The van der Waals surface area contributed by atoms with Gasteiger partial charge in [-0.25, -0.2) is 4.98 Å². The van der Waals surface area contributed by atoms with Crippen molar-refractivity contribution in [3.63, 3.8) is 0 Å². The summed E-state index contributed by atoms with van der Waals surface area (Å²) in [6.45, 7) is 2.87. The highest BCUT2D eigenvalue weighted by molar-refractivity contribution is 5.73. The van der Waals surface area contributed by atoms with Crippen molar-refractivity contribution in [1.29, 1.82) is 0 Å². The van der Waals surface area contributed by atoms with Gasteiger partial charge in [0.25, 0.3) is 0 Å². The number of benzene rings is 1. The van der Waals surface area contributed by atoms with Crippen molar-refractivity contribution in [3.8, 4) is 0 Å². The number of aromatic nitrogens is 3. The fourth-order valence-corrected chi connectivity index (χ4v) is 1.73. The van der Waals surface area contributed by atoms with Gasteiger partial charge in [-0.15, -0.1) is 10.2 Å². The van der Waals surface area contributed by atoms with E-state index in [1.807, 2.05) is 24.3 Å². The Morgan fingerprint density at radius 3 is 2.70 bits per heavy atom. The minimum Gasteiger partial charge on any atom is -0.382 e. The molecule has 0 aliphatic carbocycles. The van der Waals surface area contributed by atoms with Crippen LogP contribution in [0.3, 0.4) is 0 Å². The molecule has 1 aromatic heterocycles. The van der Waals surface area contributed by atoms with Gasteiger partial charge in [-0.3, -0.25) is 0 Å². The summed E-state index contributed by atoms with van der Waals surface area (Å²) in [5.74, 6) is 0.573. The second-order valence-electron chi connectivity index (χ2n) is 4.36. The average Bonchev–Trinajstić information content (AvgIpc) is 2.50. The Labute approximate surface area is 118 Å². The molecule has 20 heavy (non-hydrogen) atoms. The number of rotatable bonds is 9. The number of hydrogen-bond acceptors (Lipinski definition) is 6. The van der Waals surface area contributed by atoms with Gasteiger partial charge in [-0.2, -0.15) is 0 Å². The van der Waals surface area contributed by atoms with Crippen molar-refractivity contribution in [2.45, 2.75) is 12.8 Å². The van der Waals surface area contributed by atoms with Crippen LogP contribution in [-0.2, 0) is 9.47 Å². The Morgan fingerprint density at radius 2 is 1.85 bits per heavy atom. The highest BCUT2D eigenvalue weighted by Crippen LogP contribution is 2.08. The maximum absolute atomic E-state index is 5.39. The molecule has 0 atom stereocenters. The summed E-state index contributed by atoms with van der Waals surface area (Å²) in [6, 6.07) is 7.70. The lowest BCUT2D eigenvalue weighted by atomic mass is 10.3. The number of anilines is 1. The molecule has 2 aromatic rings. The topological polar surface area (TPSA) is 69.2 Å². The van der Waals surface area contributed by atoms with Crippen LogP contribution < -0.4 is 5.32 Å². The monoisotopic (exact) mass is 276 g/mol. The minimum atomic E-state index is 0.573. The third-order valence-electron chi connectivity index (χ3n) is 2.79. The van der Waals surface area contributed by atoms with Gasteiger partial charge in [0.15, 0.2) is 0 Å². The standard InChI is InChI=1S/C14H20N4O2/c1-19-10-11-20-9-5-4-8-15-14-16-12-6-2-3-7-13(12)17-18-14/h2-3,6-7H,4-5,8-11H2,1H3,(H,15,16,18). The average molecular weight is 276 g/mol. The first-order chi connectivity index (χ1) is 9.90. The SMILES string of the molecule is COCCOCCCCNc1nnc2ccccc2n1. The zero-order chi connectivity index (χ0) is 14.0. The maximum Gasteiger partial charge on any atom is 0.243 e. The number of nitrogens with zero attached hydrogens (tertiary/aromatic N) is 3. The molecular formula is C14H20N4O2. The van der Waals surface area contributed by atoms with E-state index in [-0.39, 0.29) is 0 Å². The third kappa shape index (κ3) is 4.71. The van der Waals surface area contributed by atoms with Crippen LogP contribution in [0.15, 0.2) is 24.3 Å². The van der Waals surface area contributed by atoms with Crippen molar-refractivity contribution in [2.24, 2.45) is 0 Å². The van der Waals surface area contributed by atoms with Gasteiger partial charge in [0.2, 0.25) is 5.95 Å². The zero-order valence-corrected chi connectivity index (χ0v) is 11.7. The van der Waals surface area contributed by atoms with E-state index in [2.05, 4.69) is 20.5 Å². The second kappa shape index (κ2) is 8.39. The number of hydrogen-bond donors (Lipinski definition) is 1. The summed E-state index contributed by atoms with van der Waals surface area (Å²) >= 11 is 0. The highest BCUT2D eigenvalue weighted by atomic mass is 16.5. The summed E-state index contributed by atoms with van der Waals surface area (Å²) in [5.41, 5.74) is 1.66. The van der Waals surface area contributed by atoms with Crippen LogP contribution in [0.2, 0.25) is 0 Å². The normalized spacial score (nSPS) is 10.8. The van der Waals surface area contributed by atoms with Gasteiger partial charge in [-0.1, -0.05) is 12.1 Å². The first-order valence-electron chi connectivity index (χ1n) is 6.80. The fraction of sp³-hybridized carbons (Fsp3) is 0.500. The molecule has 0 spiro atoms. The lowest BCUT2D eigenvalue weighted by Gasteiger charge is -2.05. The molecule has 0 saturated carbocycles. The van der Waals surface area contributed by atoms with Crippen LogP contribution in [0.4, 0.5) is 5.95 Å². The lowest BCUT2D eigenvalue weighted by molar-refractivity contribution is 0.0691. The number of para-hydroxylation sites is 1. The first kappa shape index (κ1) is 14.6. The fourth-order valence-electron chi connectivity index (χ4n) is 1.73. The molecule has 0 saturated heterocycles. The van der Waals surface area contributed by atoms with Gasteiger partial charge in [0.1, 0.15) is 5.52 Å². The van der Waals surface area contributed by atoms with Crippen LogP contribution in [-0.4, -0.2) is 48.7 Å². The third-order valence-corrected chi connectivity index (χ3v) is 2.79. The molecule has 0 aliphatic rings. The molecule has 0 aliphatic heterocycles. The molecule has 1 aromatic carbocycles. The molecule has 6 heteroatoms. The Morgan fingerprint density at radius 1 is 1.00 bits per heavy atom. The van der Waals surface area contributed by atoms with Crippen molar-refractivity contribution in [1.82, 2.24) is 15.2 Å². The Hall–Kier alpha value is -1.79. The van der Waals surface area contributed by atoms with Crippen molar-refractivity contribution >= 4 is 17.0 Å². The summed E-state index contributed by atoms with van der Waals surface area (Å²) in [7, 11) is 1.67. The molecule has 0 fully saturated rings. The molecule has 108 valence electrons. The summed E-state index contributed by atoms with van der Waals surface area (Å²) in [4.78, 5) is 4.40. The van der Waals surface area contributed by atoms with E-state index < -0.39 is 0 Å². The van der Waals surface area contributed by atoms with Crippen molar-refractivity contribution in [3.05, 3.63) is 24.3 Å². The van der Waals surface area contributed by atoms with E-state index in [1.54, 1.807) is 7.11 Å². The smallest absolute Gasteiger partial charge is 0.243 e. The predicted octanol–water partition coefficient (Wildman–Crippen LogP) is 1.88. The summed E-state index contributed by atoms with van der Waals surface area (Å²) in [5, 5.41) is 11.3. The molecule has 0 radical (unpaired) electrons. The number of fused-ring (bicyclic) bond motifs is 1. The molecular weight excluding hydrogens is 256 g/mol. The van der Waals surface area contributed by atoms with Gasteiger partial charge >= 0.3 is 0 Å². The second-order valence-corrected chi connectivity index (χ2v) is 4.36. The lowest BCUT2D eigenvalue weighted by Crippen LogP contribution is -2.08. The number of nitrogens with one attached hydrogen (secondary N) is 1. The number of unbranched alkanes of at least 4 members (excludes halogenated alkanes) is 1. The maximum atomic E-state index is 5.39. The van der Waals surface area contributed by atoms with E-state index in [4.69, 9.17) is 9.47 Å². The molecule has 6 nitrogen and oxygen atoms in total. The van der Waals surface area contributed by atoms with Crippen LogP contribution in [0.25, 0.3) is 11.0 Å². The van der Waals surface area contributed by atoms with Crippen LogP contribution in [0.5, 0.6) is 0 Å². The van der Waals surface area contributed by atoms with E-state index in [9.17, 15) is 0 Å². The molecule has 1 heterocycles. The quantitative estimate of drug-likeness (QED) is 0.705. The number of ether oxygens (including phenoxy) is 2. The molecule has 1 N–H and O–H groups in total. The van der Waals surface area contributed by atoms with Gasteiger partial charge < -0.3 is 14.8 Å². The number of methoxy groups -OCH3 is 1. The van der Waals surface area contributed by atoms with Crippen molar-refractivity contribution in [2.75, 3.05) is 38.8 Å². The minimum absolute atomic E-state index is 0.573. The van der Waals surface area contributed by atoms with E-state index >= 15 is 0 Å². The van der Waals surface area contributed by atoms with Crippen LogP contribution in [0.1, 0.15) is 12.8 Å². The van der Waals surface area contributed by atoms with Gasteiger partial charge in [-0.05, 0) is 25.0 Å². The highest BCUT2D eigenvalue weighted by Gasteiger charge is 1.99. The van der Waals surface area contributed by atoms with Gasteiger partial charge in [0, 0.05) is 20.3 Å². The van der Waals surface area contributed by atoms with E-state index in [0.29, 0.717) is 19.2 Å². The van der Waals surface area contributed by atoms with Crippen molar-refractivity contribution < 1.29 is 9.47 Å². The van der Waals surface area contributed by atoms with Crippen LogP contribution in [0, 0.1) is 0 Å². The van der Waals surface area contributed by atoms with Gasteiger partial charge in [0.05, 0.1) is 18.7 Å². The molecule has 0 amide bonds. The Bertz CT molecular complexity index is 521. The first-order valence-corrected chi connectivity index (χ1v) is 6.80. The predicted molar refractivity (Wildman–Crippen MR) is 77.8 cm³/mol. The van der Waals surface area contributed by atoms with E-state index in [1.165, 1.54) is 0 Å². The van der Waals surface area contributed by atoms with Crippen LogP contribution >= 0.6 is 0 Å². The molecule has 2 rings (SSSR count). The zero-order valence-electron chi connectivity index (χ0n) is 11.7. The largest absolute Gasteiger partial charge is 0.382 e. The Kier molecular flexibility index (Phi) is 6.13. The summed E-state index contributed by atoms with van der Waals surface area (Å²) in [6.07, 6.45) is 2.00.